The number of nitriles is 1. The quantitative estimate of drug-likeness (QED) is 0.629. The van der Waals surface area contributed by atoms with Crippen LogP contribution in [0.2, 0.25) is 0 Å². The number of ether oxygens (including phenoxy) is 1. The van der Waals surface area contributed by atoms with Gasteiger partial charge in [-0.15, -0.1) is 0 Å². The standard InChI is InChI=1S/C21H25N7O/c1-4-9-27(2)19-11-20(28(3)26-19)29-18-10-15(12-23)5-6-17(18)21-24-13-16(7-8-22)14-25-21/h5-6,10-11,13-14H,4,7-9,22H2,1-3H3. The highest BCUT2D eigenvalue weighted by molar-refractivity contribution is 5.66. The zero-order valence-corrected chi connectivity index (χ0v) is 17.0. The molecule has 0 saturated heterocycles. The number of nitrogens with zero attached hydrogens (tertiary/aromatic N) is 6. The lowest BCUT2D eigenvalue weighted by molar-refractivity contribution is 0.432. The Bertz CT molecular complexity index is 1000. The van der Waals surface area contributed by atoms with E-state index in [1.54, 1.807) is 35.3 Å². The molecule has 0 aliphatic heterocycles. The Kier molecular flexibility index (Phi) is 6.42. The molecule has 0 aliphatic carbocycles. The number of anilines is 1. The Hall–Kier alpha value is -3.44. The predicted octanol–water partition coefficient (Wildman–Crippen LogP) is 2.89. The van der Waals surface area contributed by atoms with Crippen molar-refractivity contribution in [3.63, 3.8) is 0 Å². The maximum atomic E-state index is 9.30. The van der Waals surface area contributed by atoms with Crippen molar-refractivity contribution in [3.8, 4) is 29.1 Å². The van der Waals surface area contributed by atoms with Crippen molar-refractivity contribution in [1.29, 1.82) is 5.26 Å². The van der Waals surface area contributed by atoms with E-state index in [2.05, 4.69) is 33.0 Å². The molecule has 0 unspecified atom stereocenters. The van der Waals surface area contributed by atoms with Crippen molar-refractivity contribution in [1.82, 2.24) is 19.7 Å². The van der Waals surface area contributed by atoms with E-state index in [4.69, 9.17) is 10.5 Å². The van der Waals surface area contributed by atoms with Gasteiger partial charge in [0.2, 0.25) is 5.88 Å². The maximum Gasteiger partial charge on any atom is 0.219 e. The van der Waals surface area contributed by atoms with Crippen LogP contribution in [0.4, 0.5) is 5.82 Å². The van der Waals surface area contributed by atoms with Gasteiger partial charge in [0.1, 0.15) is 5.75 Å². The van der Waals surface area contributed by atoms with Gasteiger partial charge in [0.25, 0.3) is 0 Å². The number of aryl methyl sites for hydroxylation is 1. The first kappa shape index (κ1) is 20.3. The van der Waals surface area contributed by atoms with Crippen LogP contribution in [0.15, 0.2) is 36.7 Å². The molecule has 2 N–H and O–H groups in total. The fourth-order valence-corrected chi connectivity index (χ4v) is 2.93. The number of nitrogens with two attached hydrogens (primary N) is 1. The Balaban J connectivity index is 1.95. The first-order valence-electron chi connectivity index (χ1n) is 9.54. The largest absolute Gasteiger partial charge is 0.438 e. The molecule has 0 radical (unpaired) electrons. The Labute approximate surface area is 170 Å². The van der Waals surface area contributed by atoms with Crippen LogP contribution in [0.5, 0.6) is 11.6 Å². The Morgan fingerprint density at radius 3 is 2.66 bits per heavy atom. The van der Waals surface area contributed by atoms with Crippen molar-refractivity contribution in [2.24, 2.45) is 12.8 Å². The summed E-state index contributed by atoms with van der Waals surface area (Å²) in [4.78, 5) is 11.0. The average molecular weight is 391 g/mol. The van der Waals surface area contributed by atoms with Crippen LogP contribution >= 0.6 is 0 Å². The highest BCUT2D eigenvalue weighted by atomic mass is 16.5. The second-order valence-electron chi connectivity index (χ2n) is 6.76. The van der Waals surface area contributed by atoms with E-state index < -0.39 is 0 Å². The Morgan fingerprint density at radius 1 is 1.24 bits per heavy atom. The van der Waals surface area contributed by atoms with Gasteiger partial charge in [-0.3, -0.25) is 0 Å². The van der Waals surface area contributed by atoms with Crippen LogP contribution in [0, 0.1) is 11.3 Å². The van der Waals surface area contributed by atoms with E-state index in [-0.39, 0.29) is 0 Å². The highest BCUT2D eigenvalue weighted by Gasteiger charge is 2.15. The van der Waals surface area contributed by atoms with Gasteiger partial charge < -0.3 is 15.4 Å². The summed E-state index contributed by atoms with van der Waals surface area (Å²) in [6, 6.07) is 9.24. The minimum Gasteiger partial charge on any atom is -0.438 e. The fraction of sp³-hybridized carbons (Fsp3) is 0.333. The molecule has 2 heterocycles. The summed E-state index contributed by atoms with van der Waals surface area (Å²) >= 11 is 0. The van der Waals surface area contributed by atoms with Crippen LogP contribution in [0.25, 0.3) is 11.4 Å². The molecule has 0 atom stereocenters. The van der Waals surface area contributed by atoms with Crippen LogP contribution < -0.4 is 15.4 Å². The first-order valence-corrected chi connectivity index (χ1v) is 9.54. The van der Waals surface area contributed by atoms with E-state index >= 15 is 0 Å². The molecule has 8 nitrogen and oxygen atoms in total. The van der Waals surface area contributed by atoms with Gasteiger partial charge in [-0.1, -0.05) is 6.92 Å². The van der Waals surface area contributed by atoms with Crippen molar-refractivity contribution >= 4 is 5.82 Å². The van der Waals surface area contributed by atoms with Crippen LogP contribution in [0.3, 0.4) is 0 Å². The third-order valence-corrected chi connectivity index (χ3v) is 4.48. The summed E-state index contributed by atoms with van der Waals surface area (Å²) in [5, 5.41) is 13.8. The lowest BCUT2D eigenvalue weighted by Crippen LogP contribution is -2.18. The van der Waals surface area contributed by atoms with Crippen molar-refractivity contribution in [3.05, 3.63) is 47.8 Å². The highest BCUT2D eigenvalue weighted by Crippen LogP contribution is 2.33. The summed E-state index contributed by atoms with van der Waals surface area (Å²) in [5.74, 6) is 2.42. The van der Waals surface area contributed by atoms with E-state index in [9.17, 15) is 5.26 Å². The molecule has 150 valence electrons. The van der Waals surface area contributed by atoms with E-state index in [1.165, 1.54) is 0 Å². The molecule has 3 aromatic rings. The topological polar surface area (TPSA) is 106 Å². The van der Waals surface area contributed by atoms with Crippen molar-refractivity contribution in [2.45, 2.75) is 19.8 Å². The van der Waals surface area contributed by atoms with Gasteiger partial charge in [-0.2, -0.15) is 10.4 Å². The zero-order chi connectivity index (χ0) is 20.8. The molecular formula is C21H25N7O. The lowest BCUT2D eigenvalue weighted by Gasteiger charge is -2.13. The average Bonchev–Trinajstić information content (AvgIpc) is 3.09. The van der Waals surface area contributed by atoms with Crippen LogP contribution in [-0.2, 0) is 13.5 Å². The van der Waals surface area contributed by atoms with Crippen molar-refractivity contribution < 1.29 is 4.74 Å². The number of hydrogen-bond donors (Lipinski definition) is 1. The molecule has 0 spiro atoms. The van der Waals surface area contributed by atoms with Gasteiger partial charge in [-0.25, -0.2) is 14.6 Å². The first-order chi connectivity index (χ1) is 14.0. The summed E-state index contributed by atoms with van der Waals surface area (Å²) in [5.41, 5.74) is 7.76. The van der Waals surface area contributed by atoms with E-state index in [0.29, 0.717) is 35.1 Å². The van der Waals surface area contributed by atoms with Gasteiger partial charge in [-0.05, 0) is 43.1 Å². The maximum absolute atomic E-state index is 9.30. The molecule has 0 saturated carbocycles. The molecular weight excluding hydrogens is 366 g/mol. The fourth-order valence-electron chi connectivity index (χ4n) is 2.93. The van der Waals surface area contributed by atoms with E-state index in [1.807, 2.05) is 20.2 Å². The molecule has 2 aromatic heterocycles. The number of hydrogen-bond acceptors (Lipinski definition) is 7. The summed E-state index contributed by atoms with van der Waals surface area (Å²) in [7, 11) is 3.82. The molecule has 0 amide bonds. The SMILES string of the molecule is CCCN(C)c1cc(Oc2cc(C#N)ccc2-c2ncc(CCN)cn2)n(C)n1. The number of rotatable bonds is 8. The minimum absolute atomic E-state index is 0.494. The van der Waals surface area contributed by atoms with Crippen LogP contribution in [-0.4, -0.2) is 39.9 Å². The monoisotopic (exact) mass is 391 g/mol. The summed E-state index contributed by atoms with van der Waals surface area (Å²) in [6.07, 6.45) is 5.27. The minimum atomic E-state index is 0.494. The van der Waals surface area contributed by atoms with Gasteiger partial charge in [0.15, 0.2) is 11.6 Å². The molecule has 8 heteroatoms. The molecule has 0 aliphatic rings. The van der Waals surface area contributed by atoms with Crippen molar-refractivity contribution in [2.75, 3.05) is 25.0 Å². The van der Waals surface area contributed by atoms with Crippen LogP contribution in [0.1, 0.15) is 24.5 Å². The smallest absolute Gasteiger partial charge is 0.219 e. The summed E-state index contributed by atoms with van der Waals surface area (Å²) in [6.45, 7) is 3.56. The molecule has 1 aromatic carbocycles. The molecule has 0 fully saturated rings. The third kappa shape index (κ3) is 4.70. The normalized spacial score (nSPS) is 10.6. The summed E-state index contributed by atoms with van der Waals surface area (Å²) < 4.78 is 7.82. The molecule has 0 bridgehead atoms. The second-order valence-corrected chi connectivity index (χ2v) is 6.76. The second kappa shape index (κ2) is 9.17. The number of benzene rings is 1. The third-order valence-electron chi connectivity index (χ3n) is 4.48. The lowest BCUT2D eigenvalue weighted by atomic mass is 10.1. The van der Waals surface area contributed by atoms with Gasteiger partial charge in [0, 0.05) is 39.1 Å². The van der Waals surface area contributed by atoms with Gasteiger partial charge in [0.05, 0.1) is 17.2 Å². The zero-order valence-electron chi connectivity index (χ0n) is 17.0. The van der Waals surface area contributed by atoms with E-state index in [0.717, 1.165) is 30.8 Å². The predicted molar refractivity (Wildman–Crippen MR) is 112 cm³/mol. The Morgan fingerprint density at radius 2 is 2.00 bits per heavy atom. The van der Waals surface area contributed by atoms with Gasteiger partial charge >= 0.3 is 0 Å². The molecule has 29 heavy (non-hydrogen) atoms. The molecule has 3 rings (SSSR count). The number of aromatic nitrogens is 4.